The van der Waals surface area contributed by atoms with Crippen molar-refractivity contribution in [3.63, 3.8) is 0 Å². The number of ether oxygens (including phenoxy) is 1. The molecule has 1 aromatic carbocycles. The second-order valence-corrected chi connectivity index (χ2v) is 7.75. The van der Waals surface area contributed by atoms with Gasteiger partial charge in [0.15, 0.2) is 6.29 Å². The Morgan fingerprint density at radius 3 is 2.63 bits per heavy atom. The Balaban J connectivity index is 2.61. The summed E-state index contributed by atoms with van der Waals surface area (Å²) >= 11 is 0. The molecule has 1 aromatic rings. The number of quaternary nitrogens is 1. The Hall–Kier alpha value is -2.52. The molecule has 2 rings (SSSR count). The van der Waals surface area contributed by atoms with Crippen molar-refractivity contribution in [2.45, 2.75) is 32.4 Å². The van der Waals surface area contributed by atoms with Gasteiger partial charge in [-0.2, -0.15) is 0 Å². The van der Waals surface area contributed by atoms with Crippen molar-refractivity contribution in [1.29, 1.82) is 0 Å². The topological polar surface area (TPSA) is 110 Å². The fraction of sp³-hybridized carbons (Fsp3) is 0.556. The van der Waals surface area contributed by atoms with E-state index in [1.165, 1.54) is 24.1 Å². The molecule has 148 valence electrons. The summed E-state index contributed by atoms with van der Waals surface area (Å²) in [5.41, 5.74) is 0.392. The fourth-order valence-electron chi connectivity index (χ4n) is 3.93. The average molecular weight is 380 g/mol. The molecule has 1 aliphatic rings. The van der Waals surface area contributed by atoms with Crippen LogP contribution >= 0.6 is 0 Å². The maximum absolute atomic E-state index is 11.7. The van der Waals surface area contributed by atoms with Gasteiger partial charge in [0.25, 0.3) is 5.69 Å². The lowest BCUT2D eigenvalue weighted by Crippen LogP contribution is -2.73. The second-order valence-electron chi connectivity index (χ2n) is 7.75. The quantitative estimate of drug-likeness (QED) is 0.364. The lowest BCUT2D eigenvalue weighted by molar-refractivity contribution is -0.384. The highest BCUT2D eigenvalue weighted by atomic mass is 16.6. The molecule has 0 spiro atoms. The lowest BCUT2D eigenvalue weighted by Gasteiger charge is -2.54. The van der Waals surface area contributed by atoms with Gasteiger partial charge in [-0.3, -0.25) is 24.3 Å². The zero-order chi connectivity index (χ0) is 20.4. The first-order valence-corrected chi connectivity index (χ1v) is 8.67. The number of nitrogens with zero attached hydrogens (tertiary/aromatic N) is 3. The molecule has 1 N–H and O–H groups in total. The van der Waals surface area contributed by atoms with Crippen LogP contribution in [0.1, 0.15) is 31.1 Å². The average Bonchev–Trinajstić information content (AvgIpc) is 2.60. The van der Waals surface area contributed by atoms with Gasteiger partial charge in [-0.25, -0.2) is 4.79 Å². The number of nitro groups is 1. The minimum atomic E-state index is -1.01. The summed E-state index contributed by atoms with van der Waals surface area (Å²) in [6, 6.07) is 3.90. The van der Waals surface area contributed by atoms with Crippen molar-refractivity contribution in [3.8, 4) is 0 Å². The highest BCUT2D eigenvalue weighted by Crippen LogP contribution is 2.39. The number of carboxylic acid groups (broad SMARTS) is 1. The molecule has 9 nitrogen and oxygen atoms in total. The first-order chi connectivity index (χ1) is 12.6. The number of nitro benzene ring substituents is 1. The standard InChI is InChI=1S/C18H25N3O6/c1-18(2,3)21(8-7-19(17(23)24)15(10-21)12-27-4)16-6-5-14(20(25)26)9-13(16)11-22/h5-6,9,11,15H,7-8,10,12H2,1-4H3/p+1/t15?,21-/m0/s1. The summed E-state index contributed by atoms with van der Waals surface area (Å²) in [4.78, 5) is 35.3. The minimum absolute atomic E-state index is 0.148. The molecule has 1 fully saturated rings. The molecular weight excluding hydrogens is 354 g/mol. The Morgan fingerprint density at radius 1 is 1.48 bits per heavy atom. The summed E-state index contributed by atoms with van der Waals surface area (Å²) in [6.45, 7) is 7.41. The van der Waals surface area contributed by atoms with Crippen LogP contribution in [0.3, 0.4) is 0 Å². The van der Waals surface area contributed by atoms with Crippen LogP contribution < -0.4 is 4.48 Å². The van der Waals surface area contributed by atoms with Gasteiger partial charge in [-0.05, 0) is 20.8 Å². The molecule has 0 aromatic heterocycles. The largest absolute Gasteiger partial charge is 0.465 e. The van der Waals surface area contributed by atoms with Crippen LogP contribution in [0.15, 0.2) is 18.2 Å². The summed E-state index contributed by atoms with van der Waals surface area (Å²) in [7, 11) is 1.52. The van der Waals surface area contributed by atoms with Gasteiger partial charge in [0.05, 0.1) is 29.2 Å². The van der Waals surface area contributed by atoms with Crippen molar-refractivity contribution in [3.05, 3.63) is 33.9 Å². The summed E-state index contributed by atoms with van der Waals surface area (Å²) in [5, 5.41) is 20.6. The Bertz CT molecular complexity index is 745. The Morgan fingerprint density at radius 2 is 2.15 bits per heavy atom. The number of amides is 1. The number of hydrogen-bond acceptors (Lipinski definition) is 5. The van der Waals surface area contributed by atoms with Crippen LogP contribution in [0.25, 0.3) is 0 Å². The van der Waals surface area contributed by atoms with Crippen LogP contribution in [0, 0.1) is 10.1 Å². The molecule has 0 bridgehead atoms. The van der Waals surface area contributed by atoms with Crippen LogP contribution in [0.4, 0.5) is 16.2 Å². The third kappa shape index (κ3) is 3.79. The summed E-state index contributed by atoms with van der Waals surface area (Å²) in [6.07, 6.45) is -0.383. The number of non-ortho nitro benzene ring substituents is 1. The van der Waals surface area contributed by atoms with E-state index in [0.29, 0.717) is 29.5 Å². The monoisotopic (exact) mass is 380 g/mol. The van der Waals surface area contributed by atoms with Gasteiger partial charge in [0.2, 0.25) is 0 Å². The number of carbonyl (C=O) groups excluding carboxylic acids is 1. The van der Waals surface area contributed by atoms with Crippen LogP contribution in [0.5, 0.6) is 0 Å². The van der Waals surface area contributed by atoms with Crippen molar-refractivity contribution in [2.24, 2.45) is 0 Å². The molecule has 0 radical (unpaired) electrons. The van der Waals surface area contributed by atoms with Gasteiger partial charge in [0.1, 0.15) is 24.8 Å². The van der Waals surface area contributed by atoms with E-state index in [1.807, 2.05) is 20.8 Å². The maximum atomic E-state index is 11.7. The molecule has 27 heavy (non-hydrogen) atoms. The number of methoxy groups -OCH3 is 1. The minimum Gasteiger partial charge on any atom is -0.465 e. The molecular formula is C18H26N3O6+. The molecule has 0 saturated carbocycles. The van der Waals surface area contributed by atoms with Gasteiger partial charge in [-0.1, -0.05) is 0 Å². The van der Waals surface area contributed by atoms with E-state index in [2.05, 4.69) is 0 Å². The van der Waals surface area contributed by atoms with E-state index in [1.54, 1.807) is 6.07 Å². The van der Waals surface area contributed by atoms with Crippen molar-refractivity contribution in [1.82, 2.24) is 9.38 Å². The predicted octanol–water partition coefficient (Wildman–Crippen LogP) is 2.52. The van der Waals surface area contributed by atoms with Crippen LogP contribution in [-0.4, -0.2) is 72.2 Å². The Labute approximate surface area is 157 Å². The molecule has 2 atom stereocenters. The predicted molar refractivity (Wildman–Crippen MR) is 100 cm³/mol. The third-order valence-electron chi connectivity index (χ3n) is 5.38. The van der Waals surface area contributed by atoms with Crippen LogP contribution in [0.2, 0.25) is 0 Å². The molecule has 0 aliphatic carbocycles. The molecule has 1 unspecified atom stereocenters. The fourth-order valence-corrected chi connectivity index (χ4v) is 3.93. The molecule has 1 amide bonds. The molecule has 1 saturated heterocycles. The summed E-state index contributed by atoms with van der Waals surface area (Å²) in [5.74, 6) is 0. The first-order valence-electron chi connectivity index (χ1n) is 8.67. The number of rotatable bonds is 5. The van der Waals surface area contributed by atoms with Gasteiger partial charge in [0, 0.05) is 25.3 Å². The molecule has 1 heterocycles. The zero-order valence-electron chi connectivity index (χ0n) is 16.0. The summed E-state index contributed by atoms with van der Waals surface area (Å²) < 4.78 is 5.57. The van der Waals surface area contributed by atoms with Crippen LogP contribution in [-0.2, 0) is 4.74 Å². The van der Waals surface area contributed by atoms with Crippen molar-refractivity contribution in [2.75, 3.05) is 33.4 Å². The van der Waals surface area contributed by atoms with E-state index < -0.39 is 17.1 Å². The Kier molecular flexibility index (Phi) is 5.86. The van der Waals surface area contributed by atoms with E-state index in [9.17, 15) is 24.8 Å². The zero-order valence-corrected chi connectivity index (χ0v) is 16.0. The number of aldehydes is 1. The SMILES string of the molecule is COCC1C[N@@+](c2ccc([N+](=O)[O-])cc2C=O)(C(C)(C)C)CCN1C(=O)O. The van der Waals surface area contributed by atoms with Gasteiger partial charge in [-0.15, -0.1) is 0 Å². The van der Waals surface area contributed by atoms with Crippen molar-refractivity contribution >= 4 is 23.8 Å². The van der Waals surface area contributed by atoms with E-state index in [-0.39, 0.29) is 29.9 Å². The number of hydrogen-bond donors (Lipinski definition) is 1. The molecule has 9 heteroatoms. The number of piperazine rings is 1. The van der Waals surface area contributed by atoms with E-state index in [0.717, 1.165) is 0 Å². The first kappa shape index (κ1) is 20.8. The highest BCUT2D eigenvalue weighted by Gasteiger charge is 2.50. The lowest BCUT2D eigenvalue weighted by atomic mass is 9.93. The third-order valence-corrected chi connectivity index (χ3v) is 5.38. The van der Waals surface area contributed by atoms with E-state index >= 15 is 0 Å². The number of benzene rings is 1. The van der Waals surface area contributed by atoms with Gasteiger partial charge < -0.3 is 9.84 Å². The number of carbonyl (C=O) groups is 2. The van der Waals surface area contributed by atoms with Gasteiger partial charge >= 0.3 is 6.09 Å². The maximum Gasteiger partial charge on any atom is 0.408 e. The smallest absolute Gasteiger partial charge is 0.408 e. The second kappa shape index (κ2) is 7.61. The van der Waals surface area contributed by atoms with E-state index in [4.69, 9.17) is 4.74 Å². The van der Waals surface area contributed by atoms with Crippen molar-refractivity contribution < 1.29 is 24.4 Å². The molecule has 1 aliphatic heterocycles. The highest BCUT2D eigenvalue weighted by molar-refractivity contribution is 5.85. The normalized spacial score (nSPS) is 23.1.